The molecular weight excluding hydrogens is 138 g/mol. The molecule has 0 aromatic heterocycles. The van der Waals surface area contributed by atoms with Crippen LogP contribution in [0.15, 0.2) is 18.2 Å². The van der Waals surface area contributed by atoms with Crippen molar-refractivity contribution in [3.8, 4) is 5.75 Å². The number of nitrogens with two attached hydrogens (primary N) is 1. The third-order valence-electron chi connectivity index (χ3n) is 1.83. The highest BCUT2D eigenvalue weighted by Gasteiger charge is 2.09. The average Bonchev–Trinajstić information content (AvgIpc) is 2.04. The molecular formula is C9H10NO. The van der Waals surface area contributed by atoms with Crippen LogP contribution in [0, 0.1) is 6.61 Å². The molecule has 1 aromatic rings. The van der Waals surface area contributed by atoms with Crippen LogP contribution in [0.5, 0.6) is 5.75 Å². The molecule has 1 aliphatic heterocycles. The maximum absolute atomic E-state index is 5.62. The fraction of sp³-hybridized carbons (Fsp3) is 0.222. The standard InChI is InChI=1S/C9H10NO/c10-8-3-4-9-7(6-8)2-1-5-11-9/h3-6H,1-2,10H2. The summed E-state index contributed by atoms with van der Waals surface area (Å²) >= 11 is 0. The molecule has 0 spiro atoms. The molecule has 1 aliphatic rings. The minimum atomic E-state index is 0.814. The first-order valence-electron chi connectivity index (χ1n) is 3.73. The average molecular weight is 148 g/mol. The van der Waals surface area contributed by atoms with Gasteiger partial charge in [0.25, 0.3) is 0 Å². The highest BCUT2D eigenvalue weighted by Crippen LogP contribution is 2.27. The molecule has 1 radical (unpaired) electrons. The lowest BCUT2D eigenvalue weighted by Gasteiger charge is -2.16. The van der Waals surface area contributed by atoms with Crippen molar-refractivity contribution < 1.29 is 4.74 Å². The summed E-state index contributed by atoms with van der Waals surface area (Å²) in [6, 6.07) is 5.75. The van der Waals surface area contributed by atoms with E-state index in [0.717, 1.165) is 24.3 Å². The largest absolute Gasteiger partial charge is 0.486 e. The van der Waals surface area contributed by atoms with Crippen LogP contribution < -0.4 is 10.5 Å². The summed E-state index contributed by atoms with van der Waals surface area (Å²) in [5.74, 6) is 0.949. The lowest BCUT2D eigenvalue weighted by Crippen LogP contribution is -2.03. The summed E-state index contributed by atoms with van der Waals surface area (Å²) in [6.45, 7) is 1.83. The molecule has 0 bridgehead atoms. The van der Waals surface area contributed by atoms with Gasteiger partial charge in [0, 0.05) is 5.69 Å². The molecule has 2 N–H and O–H groups in total. The number of fused-ring (bicyclic) bond motifs is 1. The minimum absolute atomic E-state index is 0.814. The van der Waals surface area contributed by atoms with Crippen molar-refractivity contribution in [2.75, 3.05) is 5.73 Å². The van der Waals surface area contributed by atoms with E-state index in [0.29, 0.717) is 0 Å². The van der Waals surface area contributed by atoms with Crippen LogP contribution in [0.3, 0.4) is 0 Å². The first-order chi connectivity index (χ1) is 5.36. The monoisotopic (exact) mass is 148 g/mol. The van der Waals surface area contributed by atoms with E-state index in [4.69, 9.17) is 10.5 Å². The smallest absolute Gasteiger partial charge is 0.136 e. The fourth-order valence-corrected chi connectivity index (χ4v) is 1.27. The van der Waals surface area contributed by atoms with Crippen LogP contribution in [0.4, 0.5) is 5.69 Å². The summed E-state index contributed by atoms with van der Waals surface area (Å²) in [6.07, 6.45) is 2.02. The topological polar surface area (TPSA) is 35.2 Å². The van der Waals surface area contributed by atoms with Crippen molar-refractivity contribution in [2.24, 2.45) is 0 Å². The summed E-state index contributed by atoms with van der Waals surface area (Å²) < 4.78 is 5.30. The highest BCUT2D eigenvalue weighted by atomic mass is 16.5. The zero-order valence-corrected chi connectivity index (χ0v) is 6.21. The van der Waals surface area contributed by atoms with Gasteiger partial charge >= 0.3 is 0 Å². The second kappa shape index (κ2) is 2.46. The van der Waals surface area contributed by atoms with E-state index < -0.39 is 0 Å². The number of hydrogen-bond donors (Lipinski definition) is 1. The van der Waals surface area contributed by atoms with Crippen molar-refractivity contribution in [2.45, 2.75) is 12.8 Å². The van der Waals surface area contributed by atoms with Gasteiger partial charge in [-0.2, -0.15) is 0 Å². The maximum Gasteiger partial charge on any atom is 0.136 e. The van der Waals surface area contributed by atoms with Gasteiger partial charge in [-0.25, -0.2) is 0 Å². The zero-order chi connectivity index (χ0) is 7.68. The number of anilines is 1. The van der Waals surface area contributed by atoms with Crippen molar-refractivity contribution in [1.82, 2.24) is 0 Å². The van der Waals surface area contributed by atoms with Gasteiger partial charge in [0.15, 0.2) is 0 Å². The Labute approximate surface area is 66.0 Å². The summed E-state index contributed by atoms with van der Waals surface area (Å²) in [4.78, 5) is 0. The Morgan fingerprint density at radius 3 is 3.18 bits per heavy atom. The van der Waals surface area contributed by atoms with Crippen LogP contribution in [0.1, 0.15) is 12.0 Å². The van der Waals surface area contributed by atoms with E-state index in [2.05, 4.69) is 0 Å². The van der Waals surface area contributed by atoms with E-state index >= 15 is 0 Å². The van der Waals surface area contributed by atoms with Crippen LogP contribution in [-0.2, 0) is 6.42 Å². The van der Waals surface area contributed by atoms with Crippen molar-refractivity contribution in [3.05, 3.63) is 30.4 Å². The number of nitrogen functional groups attached to an aromatic ring is 1. The number of hydrogen-bond acceptors (Lipinski definition) is 2. The highest BCUT2D eigenvalue weighted by molar-refractivity contribution is 5.48. The van der Waals surface area contributed by atoms with Gasteiger partial charge in [-0.3, -0.25) is 0 Å². The lowest BCUT2D eigenvalue weighted by atomic mass is 10.1. The first-order valence-corrected chi connectivity index (χ1v) is 3.73. The molecule has 2 nitrogen and oxygen atoms in total. The first kappa shape index (κ1) is 6.53. The Morgan fingerprint density at radius 2 is 2.27 bits per heavy atom. The van der Waals surface area contributed by atoms with E-state index in [9.17, 15) is 0 Å². The summed E-state index contributed by atoms with van der Waals surface area (Å²) in [5.41, 5.74) is 7.65. The molecule has 0 amide bonds. The fourth-order valence-electron chi connectivity index (χ4n) is 1.27. The predicted molar refractivity (Wildman–Crippen MR) is 44.1 cm³/mol. The molecule has 0 atom stereocenters. The van der Waals surface area contributed by atoms with E-state index in [1.807, 2.05) is 24.8 Å². The molecule has 0 fully saturated rings. The molecule has 2 rings (SSSR count). The molecule has 1 heterocycles. The van der Waals surface area contributed by atoms with E-state index in [1.165, 1.54) is 5.56 Å². The molecule has 0 saturated heterocycles. The van der Waals surface area contributed by atoms with Gasteiger partial charge in [0.1, 0.15) is 12.4 Å². The normalized spacial score (nSPS) is 15.3. The minimum Gasteiger partial charge on any atom is -0.486 e. The predicted octanol–water partition coefficient (Wildman–Crippen LogP) is 1.76. The van der Waals surface area contributed by atoms with Crippen LogP contribution in [-0.4, -0.2) is 0 Å². The molecule has 0 unspecified atom stereocenters. The second-order valence-electron chi connectivity index (χ2n) is 2.69. The molecule has 11 heavy (non-hydrogen) atoms. The molecule has 1 aromatic carbocycles. The van der Waals surface area contributed by atoms with Crippen LogP contribution >= 0.6 is 0 Å². The Kier molecular flexibility index (Phi) is 1.46. The van der Waals surface area contributed by atoms with Crippen molar-refractivity contribution >= 4 is 5.69 Å². The number of rotatable bonds is 0. The third-order valence-corrected chi connectivity index (χ3v) is 1.83. The van der Waals surface area contributed by atoms with Crippen molar-refractivity contribution in [1.29, 1.82) is 0 Å². The molecule has 57 valence electrons. The van der Waals surface area contributed by atoms with Gasteiger partial charge in [-0.05, 0) is 36.6 Å². The molecule has 0 aliphatic carbocycles. The SMILES string of the molecule is Nc1ccc2c(c1)CC[CH]O2. The van der Waals surface area contributed by atoms with Gasteiger partial charge in [0.2, 0.25) is 0 Å². The van der Waals surface area contributed by atoms with Gasteiger partial charge in [0.05, 0.1) is 0 Å². The Morgan fingerprint density at radius 1 is 1.36 bits per heavy atom. The third kappa shape index (κ3) is 1.16. The summed E-state index contributed by atoms with van der Waals surface area (Å²) in [7, 11) is 0. The zero-order valence-electron chi connectivity index (χ0n) is 6.21. The maximum atomic E-state index is 5.62. The molecule has 2 heteroatoms. The van der Waals surface area contributed by atoms with Crippen LogP contribution in [0.2, 0.25) is 0 Å². The summed E-state index contributed by atoms with van der Waals surface area (Å²) in [5, 5.41) is 0. The second-order valence-corrected chi connectivity index (χ2v) is 2.69. The van der Waals surface area contributed by atoms with Gasteiger partial charge in [-0.1, -0.05) is 0 Å². The quantitative estimate of drug-likeness (QED) is 0.569. The lowest BCUT2D eigenvalue weighted by molar-refractivity contribution is 0.366. The van der Waals surface area contributed by atoms with E-state index in [1.54, 1.807) is 0 Å². The Balaban J connectivity index is 2.43. The number of aryl methyl sites for hydroxylation is 1. The van der Waals surface area contributed by atoms with Crippen LogP contribution in [0.25, 0.3) is 0 Å². The van der Waals surface area contributed by atoms with Gasteiger partial charge < -0.3 is 10.5 Å². The van der Waals surface area contributed by atoms with Gasteiger partial charge in [-0.15, -0.1) is 0 Å². The number of benzene rings is 1. The number of ether oxygens (including phenoxy) is 1. The Bertz CT molecular complexity index is 270. The molecule has 0 saturated carbocycles. The van der Waals surface area contributed by atoms with E-state index in [-0.39, 0.29) is 0 Å². The Hall–Kier alpha value is -1.18. The van der Waals surface area contributed by atoms with Crippen molar-refractivity contribution in [3.63, 3.8) is 0 Å².